The van der Waals surface area contributed by atoms with Crippen LogP contribution in [0.3, 0.4) is 0 Å². The maximum atomic E-state index is 14.5. The Morgan fingerprint density at radius 1 is 0.804 bits per heavy atom. The lowest BCUT2D eigenvalue weighted by molar-refractivity contribution is -0.140. The number of nitrogens with zero attached hydrogens (tertiary/aromatic N) is 2. The van der Waals surface area contributed by atoms with Crippen LogP contribution < -0.4 is 19.1 Å². The predicted octanol–water partition coefficient (Wildman–Crippen LogP) is 5.37. The molecule has 4 aromatic rings. The first-order valence-electron chi connectivity index (χ1n) is 15.1. The van der Waals surface area contributed by atoms with Crippen molar-refractivity contribution in [1.82, 2.24) is 10.2 Å². The monoisotopic (exact) mass is 643 g/mol. The van der Waals surface area contributed by atoms with Crippen LogP contribution in [0.1, 0.15) is 30.0 Å². The second kappa shape index (κ2) is 15.9. The number of nitrogens with one attached hydrogen (secondary N) is 1. The molecule has 1 N–H and O–H groups in total. The molecule has 0 aliphatic rings. The number of carbonyl (C=O) groups excluding carboxylic acids is 2. The second-order valence-corrected chi connectivity index (χ2v) is 12.8. The summed E-state index contributed by atoms with van der Waals surface area (Å²) in [5.41, 5.74) is 2.77. The van der Waals surface area contributed by atoms with E-state index in [0.29, 0.717) is 24.5 Å². The average molecular weight is 644 g/mol. The summed E-state index contributed by atoms with van der Waals surface area (Å²) in [5.74, 6) is 0.279. The number of methoxy groups -OCH3 is 2. The average Bonchev–Trinajstić information content (AvgIpc) is 3.08. The van der Waals surface area contributed by atoms with Gasteiger partial charge in [-0.2, -0.15) is 0 Å². The summed E-state index contributed by atoms with van der Waals surface area (Å²) in [4.78, 5) is 29.8. The minimum absolute atomic E-state index is 0.0441. The summed E-state index contributed by atoms with van der Waals surface area (Å²) < 4.78 is 40.1. The standard InChI is InChI=1S/C36H41N3O6S/c1-5-22-37-36(41)34(24-28-10-7-6-8-11-28)38(25-29-12-9-13-32(23-29)45-4)35(40)26-39(30-16-18-31(44-3)19-17-30)46(42,43)33-20-14-27(2)15-21-33/h6-21,23,34H,5,22,24-26H2,1-4H3,(H,37,41). The molecule has 0 saturated heterocycles. The number of benzene rings is 4. The van der Waals surface area contributed by atoms with Crippen LogP contribution in [0.25, 0.3) is 0 Å². The Hall–Kier alpha value is -4.83. The molecule has 4 rings (SSSR count). The summed E-state index contributed by atoms with van der Waals surface area (Å²) >= 11 is 0. The van der Waals surface area contributed by atoms with Gasteiger partial charge in [0.25, 0.3) is 10.0 Å². The molecule has 0 saturated carbocycles. The molecule has 1 atom stereocenters. The zero-order valence-corrected chi connectivity index (χ0v) is 27.5. The van der Waals surface area contributed by atoms with E-state index in [4.69, 9.17) is 9.47 Å². The Bertz CT molecular complexity index is 1690. The summed E-state index contributed by atoms with van der Waals surface area (Å²) in [6, 6.07) is 28.7. The fourth-order valence-electron chi connectivity index (χ4n) is 5.00. The Morgan fingerprint density at radius 3 is 2.09 bits per heavy atom. The van der Waals surface area contributed by atoms with Crippen LogP contribution in [-0.2, 0) is 32.6 Å². The molecule has 46 heavy (non-hydrogen) atoms. The molecule has 0 radical (unpaired) electrons. The van der Waals surface area contributed by atoms with Gasteiger partial charge in [-0.15, -0.1) is 0 Å². The number of ether oxygens (including phenoxy) is 2. The third kappa shape index (κ3) is 8.66. The van der Waals surface area contributed by atoms with E-state index in [1.165, 1.54) is 24.1 Å². The lowest BCUT2D eigenvalue weighted by Crippen LogP contribution is -2.53. The van der Waals surface area contributed by atoms with E-state index in [1.807, 2.05) is 56.3 Å². The highest BCUT2D eigenvalue weighted by Gasteiger charge is 2.34. The van der Waals surface area contributed by atoms with Crippen molar-refractivity contribution >= 4 is 27.5 Å². The van der Waals surface area contributed by atoms with Gasteiger partial charge in [-0.1, -0.05) is 67.1 Å². The van der Waals surface area contributed by atoms with Crippen molar-refractivity contribution in [3.63, 3.8) is 0 Å². The minimum Gasteiger partial charge on any atom is -0.497 e. The number of sulfonamides is 1. The molecular formula is C36H41N3O6S. The van der Waals surface area contributed by atoms with Crippen LogP contribution in [-0.4, -0.2) is 58.5 Å². The van der Waals surface area contributed by atoms with Crippen LogP contribution in [0.15, 0.2) is 108 Å². The van der Waals surface area contributed by atoms with E-state index in [2.05, 4.69) is 5.32 Å². The summed E-state index contributed by atoms with van der Waals surface area (Å²) in [7, 11) is -1.12. The van der Waals surface area contributed by atoms with Crippen molar-refractivity contribution in [2.45, 2.75) is 44.2 Å². The van der Waals surface area contributed by atoms with Crippen molar-refractivity contribution in [3.8, 4) is 11.5 Å². The maximum absolute atomic E-state index is 14.5. The molecule has 10 heteroatoms. The number of carbonyl (C=O) groups is 2. The highest BCUT2D eigenvalue weighted by Crippen LogP contribution is 2.27. The molecule has 1 unspecified atom stereocenters. The lowest BCUT2D eigenvalue weighted by atomic mass is 10.0. The first-order chi connectivity index (χ1) is 22.2. The van der Waals surface area contributed by atoms with Crippen LogP contribution in [0.4, 0.5) is 5.69 Å². The minimum atomic E-state index is -4.20. The van der Waals surface area contributed by atoms with Gasteiger partial charge in [0.15, 0.2) is 0 Å². The molecule has 0 fully saturated rings. The Morgan fingerprint density at radius 2 is 1.46 bits per heavy atom. The van der Waals surface area contributed by atoms with Crippen molar-refractivity contribution in [3.05, 3.63) is 120 Å². The van der Waals surface area contributed by atoms with E-state index < -0.39 is 28.5 Å². The van der Waals surface area contributed by atoms with Gasteiger partial charge >= 0.3 is 0 Å². The van der Waals surface area contributed by atoms with Gasteiger partial charge in [0.05, 0.1) is 24.8 Å². The molecular weight excluding hydrogens is 602 g/mol. The number of hydrogen-bond donors (Lipinski definition) is 1. The first kappa shape index (κ1) is 34.1. The van der Waals surface area contributed by atoms with Crippen LogP contribution >= 0.6 is 0 Å². The Balaban J connectivity index is 1.80. The van der Waals surface area contributed by atoms with E-state index in [9.17, 15) is 18.0 Å². The normalized spacial score (nSPS) is 11.7. The van der Waals surface area contributed by atoms with Crippen molar-refractivity contribution in [1.29, 1.82) is 0 Å². The van der Waals surface area contributed by atoms with Crippen molar-refractivity contribution in [2.24, 2.45) is 0 Å². The van der Waals surface area contributed by atoms with Crippen LogP contribution in [0.2, 0.25) is 0 Å². The number of rotatable bonds is 15. The van der Waals surface area contributed by atoms with E-state index in [-0.39, 0.29) is 29.5 Å². The van der Waals surface area contributed by atoms with Crippen molar-refractivity contribution in [2.75, 3.05) is 31.6 Å². The van der Waals surface area contributed by atoms with E-state index >= 15 is 0 Å². The Labute approximate surface area is 271 Å². The smallest absolute Gasteiger partial charge is 0.264 e. The molecule has 0 spiro atoms. The molecule has 0 aromatic heterocycles. The molecule has 0 aliphatic carbocycles. The van der Waals surface area contributed by atoms with Gasteiger partial charge < -0.3 is 19.7 Å². The summed E-state index contributed by atoms with van der Waals surface area (Å²) in [6.07, 6.45) is 0.951. The molecule has 242 valence electrons. The number of anilines is 1. The maximum Gasteiger partial charge on any atom is 0.264 e. The topological polar surface area (TPSA) is 105 Å². The summed E-state index contributed by atoms with van der Waals surface area (Å²) in [6.45, 7) is 3.76. The molecule has 9 nitrogen and oxygen atoms in total. The Kier molecular flexibility index (Phi) is 11.8. The zero-order valence-electron chi connectivity index (χ0n) is 26.7. The molecule has 2 amide bonds. The van der Waals surface area contributed by atoms with Gasteiger partial charge in [-0.05, 0) is 73.0 Å². The molecule has 0 bridgehead atoms. The number of hydrogen-bond acceptors (Lipinski definition) is 6. The lowest BCUT2D eigenvalue weighted by Gasteiger charge is -2.34. The SMILES string of the molecule is CCCNC(=O)C(Cc1ccccc1)N(Cc1cccc(OC)c1)C(=O)CN(c1ccc(OC)cc1)S(=O)(=O)c1ccc(C)cc1. The van der Waals surface area contributed by atoms with E-state index in [0.717, 1.165) is 21.0 Å². The molecule has 0 heterocycles. The number of amides is 2. The second-order valence-electron chi connectivity index (χ2n) is 10.9. The van der Waals surface area contributed by atoms with Gasteiger partial charge in [-0.25, -0.2) is 8.42 Å². The third-order valence-electron chi connectivity index (χ3n) is 7.56. The largest absolute Gasteiger partial charge is 0.497 e. The fourth-order valence-corrected chi connectivity index (χ4v) is 6.42. The van der Waals surface area contributed by atoms with Gasteiger partial charge in [0, 0.05) is 19.5 Å². The quantitative estimate of drug-likeness (QED) is 0.187. The zero-order chi connectivity index (χ0) is 33.1. The predicted molar refractivity (Wildman–Crippen MR) is 179 cm³/mol. The van der Waals surface area contributed by atoms with Crippen LogP contribution in [0.5, 0.6) is 11.5 Å². The third-order valence-corrected chi connectivity index (χ3v) is 9.34. The van der Waals surface area contributed by atoms with Gasteiger partial charge in [0.2, 0.25) is 11.8 Å². The molecule has 4 aromatic carbocycles. The highest BCUT2D eigenvalue weighted by molar-refractivity contribution is 7.92. The highest BCUT2D eigenvalue weighted by atomic mass is 32.2. The number of aryl methyl sites for hydroxylation is 1. The first-order valence-corrected chi connectivity index (χ1v) is 16.6. The molecule has 0 aliphatic heterocycles. The summed E-state index contributed by atoms with van der Waals surface area (Å²) in [5, 5.41) is 2.95. The fraction of sp³-hybridized carbons (Fsp3) is 0.278. The van der Waals surface area contributed by atoms with Gasteiger partial charge in [0.1, 0.15) is 24.1 Å². The van der Waals surface area contributed by atoms with E-state index in [1.54, 1.807) is 55.6 Å². The van der Waals surface area contributed by atoms with Crippen molar-refractivity contribution < 1.29 is 27.5 Å². The van der Waals surface area contributed by atoms with Gasteiger partial charge in [-0.3, -0.25) is 13.9 Å². The van der Waals surface area contributed by atoms with Crippen LogP contribution in [0, 0.1) is 6.92 Å².